The molecule has 1 saturated carbocycles. The third-order valence-electron chi connectivity index (χ3n) is 16.3. The molecular weight excluding hydrogens is 949 g/mol. The van der Waals surface area contributed by atoms with Crippen LogP contribution >= 0.6 is 0 Å². The predicted molar refractivity (Wildman–Crippen MR) is 279 cm³/mol. The van der Waals surface area contributed by atoms with Crippen LogP contribution in [0.3, 0.4) is 0 Å². The molecule has 16 nitrogen and oxygen atoms in total. The molecule has 0 aromatic heterocycles. The standard InChI is InChI=1S/C58H84N2O14/c1-35-16-11-10-12-17-36(2)44(24-22-42-18-15-19-45(31-42)60(69)70)33-46-25-21-41(7)58(68,74-46)55(65)56(66)59-27-14-13-20-47(59)57(67)73-50(38(4)30-43-23-26-48(61)51(32-43)71-8)34-49(62)37(3)29-40(6)53(64)54(72-9)52(63)39(5)28-35/h10-12,15-19,29,31,35,37-39,41,43-44,46-48,50-51,53-54,61,64,68H,13-14,20-28,30,32-34H2,1-9H3/b12-10+,16-11+,36-17+,40-29+/t35-,37-,38-,39-,41-,43+,44?,46+,47+,48-,50+,51-,53-,54+,58-/m1/s1. The Morgan fingerprint density at radius 3 is 2.35 bits per heavy atom. The molecule has 3 N–H and O–H groups in total. The second-order valence-electron chi connectivity index (χ2n) is 22.0. The summed E-state index contributed by atoms with van der Waals surface area (Å²) in [6, 6.07) is 5.30. The van der Waals surface area contributed by atoms with Gasteiger partial charge in [0.15, 0.2) is 5.78 Å². The van der Waals surface area contributed by atoms with Crippen molar-refractivity contribution in [3.63, 3.8) is 0 Å². The van der Waals surface area contributed by atoms with E-state index in [1.54, 1.807) is 53.0 Å². The molecular formula is C58H84N2O14. The number of ketones is 3. The molecule has 3 fully saturated rings. The van der Waals surface area contributed by atoms with Crippen LogP contribution in [0.1, 0.15) is 138 Å². The number of allylic oxidation sites excluding steroid dienone is 7. The van der Waals surface area contributed by atoms with E-state index in [9.17, 15) is 49.4 Å². The van der Waals surface area contributed by atoms with Crippen molar-refractivity contribution < 1.29 is 63.2 Å². The van der Waals surface area contributed by atoms with Gasteiger partial charge in [0.2, 0.25) is 5.79 Å². The maximum atomic E-state index is 14.5. The fourth-order valence-electron chi connectivity index (χ4n) is 11.5. The number of nitro benzene ring substituents is 1. The van der Waals surface area contributed by atoms with Gasteiger partial charge in [-0.3, -0.25) is 29.3 Å². The number of amides is 1. The number of aliphatic hydroxyl groups excluding tert-OH is 2. The number of benzene rings is 1. The number of aryl methyl sites for hydroxylation is 1. The summed E-state index contributed by atoms with van der Waals surface area (Å²) in [7, 11) is 2.93. The number of methoxy groups -OCH3 is 2. The number of hydrogen-bond acceptors (Lipinski definition) is 14. The summed E-state index contributed by atoms with van der Waals surface area (Å²) in [6.07, 6.45) is 12.3. The Labute approximate surface area is 438 Å². The van der Waals surface area contributed by atoms with Gasteiger partial charge in [-0.2, -0.15) is 0 Å². The molecule has 15 atom stereocenters. The molecule has 3 heterocycles. The SMILES string of the molecule is CO[C@@H]1C[C@H](C[C@@H](C)[C@@H]2CC(=O)[C@H](C)/C=C(\C)[C@@H](O)[C@@H](OC)C(=O)[C@H](C)C[C@H](C)/C=C/C=C/C=C(\C)C(CCc3cccc([N+](=O)[O-])c3)C[C@@H]3CC[C@@H](C)[C@@](O)(O3)C(=O)C(=O)N3CCCC[C@H]3C(=O)O2)CC[C@H]1O. The molecule has 1 aromatic carbocycles. The Morgan fingerprint density at radius 1 is 0.905 bits per heavy atom. The highest BCUT2D eigenvalue weighted by Crippen LogP contribution is 2.39. The number of nitro groups is 1. The average molecular weight is 1030 g/mol. The van der Waals surface area contributed by atoms with Crippen LogP contribution in [0.5, 0.6) is 0 Å². The lowest BCUT2D eigenvalue weighted by molar-refractivity contribution is -0.384. The number of rotatable bonds is 9. The fourth-order valence-corrected chi connectivity index (χ4v) is 11.5. The minimum Gasteiger partial charge on any atom is -0.460 e. The van der Waals surface area contributed by atoms with Gasteiger partial charge in [0.1, 0.15) is 30.1 Å². The van der Waals surface area contributed by atoms with E-state index < -0.39 is 82.7 Å². The van der Waals surface area contributed by atoms with E-state index in [0.29, 0.717) is 82.6 Å². The quantitative estimate of drug-likeness (QED) is 0.0695. The van der Waals surface area contributed by atoms with Gasteiger partial charge in [-0.05, 0) is 132 Å². The minimum absolute atomic E-state index is 0.0129. The Hall–Kier alpha value is -4.71. The highest BCUT2D eigenvalue weighted by atomic mass is 16.6. The highest BCUT2D eigenvalue weighted by molar-refractivity contribution is 6.39. The molecule has 1 amide bonds. The number of non-ortho nitro benzene ring substituents is 1. The first-order valence-corrected chi connectivity index (χ1v) is 27.0. The van der Waals surface area contributed by atoms with Gasteiger partial charge in [-0.15, -0.1) is 0 Å². The van der Waals surface area contributed by atoms with Gasteiger partial charge in [0.05, 0.1) is 23.2 Å². The van der Waals surface area contributed by atoms with E-state index in [1.807, 2.05) is 57.2 Å². The molecule has 1 aliphatic carbocycles. The first kappa shape index (κ1) is 60.2. The van der Waals surface area contributed by atoms with Crippen molar-refractivity contribution in [1.82, 2.24) is 4.90 Å². The van der Waals surface area contributed by atoms with Crippen LogP contribution in [0.15, 0.2) is 71.9 Å². The van der Waals surface area contributed by atoms with Gasteiger partial charge < -0.3 is 39.2 Å². The molecule has 74 heavy (non-hydrogen) atoms. The number of hydrogen-bond donors (Lipinski definition) is 3. The first-order chi connectivity index (χ1) is 35.1. The van der Waals surface area contributed by atoms with Gasteiger partial charge in [-0.25, -0.2) is 4.79 Å². The van der Waals surface area contributed by atoms with E-state index in [4.69, 9.17) is 18.9 Å². The maximum absolute atomic E-state index is 14.5. The van der Waals surface area contributed by atoms with E-state index in [0.717, 1.165) is 11.1 Å². The van der Waals surface area contributed by atoms with Gasteiger partial charge in [0.25, 0.3) is 17.4 Å². The second kappa shape index (κ2) is 27.9. The topological polar surface area (TPSA) is 229 Å². The number of esters is 1. The smallest absolute Gasteiger partial charge is 0.329 e. The van der Waals surface area contributed by atoms with Gasteiger partial charge in [0, 0.05) is 57.1 Å². The molecule has 410 valence electrons. The second-order valence-corrected chi connectivity index (χ2v) is 22.0. The summed E-state index contributed by atoms with van der Waals surface area (Å²) in [6.45, 7) is 12.7. The van der Waals surface area contributed by atoms with Crippen molar-refractivity contribution in [2.75, 3.05) is 20.8 Å². The van der Waals surface area contributed by atoms with Crippen molar-refractivity contribution in [2.45, 2.75) is 187 Å². The maximum Gasteiger partial charge on any atom is 0.329 e. The monoisotopic (exact) mass is 1030 g/mol. The largest absolute Gasteiger partial charge is 0.460 e. The lowest BCUT2D eigenvalue weighted by atomic mass is 9.78. The molecule has 4 aliphatic rings. The van der Waals surface area contributed by atoms with Gasteiger partial charge in [-0.1, -0.05) is 88.8 Å². The van der Waals surface area contributed by atoms with Crippen molar-refractivity contribution in [2.24, 2.45) is 41.4 Å². The van der Waals surface area contributed by atoms with Gasteiger partial charge >= 0.3 is 5.97 Å². The van der Waals surface area contributed by atoms with Crippen LogP contribution in [0.25, 0.3) is 0 Å². The highest BCUT2D eigenvalue weighted by Gasteiger charge is 2.53. The van der Waals surface area contributed by atoms with E-state index in [2.05, 4.69) is 0 Å². The summed E-state index contributed by atoms with van der Waals surface area (Å²) in [4.78, 5) is 83.9. The van der Waals surface area contributed by atoms with E-state index in [-0.39, 0.29) is 66.4 Å². The normalized spacial score (nSPS) is 36.8. The number of ether oxygens (including phenoxy) is 4. The zero-order valence-corrected chi connectivity index (χ0v) is 45.2. The summed E-state index contributed by atoms with van der Waals surface area (Å²) in [5.74, 6) is -8.53. The molecule has 0 radical (unpaired) electrons. The van der Waals surface area contributed by atoms with Crippen LogP contribution in [0, 0.1) is 51.5 Å². The molecule has 5 rings (SSSR count). The predicted octanol–water partition coefficient (Wildman–Crippen LogP) is 8.32. The molecule has 2 saturated heterocycles. The number of nitrogens with zero attached hydrogens (tertiary/aromatic N) is 2. The Morgan fingerprint density at radius 2 is 1.65 bits per heavy atom. The summed E-state index contributed by atoms with van der Waals surface area (Å²) in [5.41, 5.74) is 2.10. The fraction of sp³-hybridized carbons (Fsp3) is 0.672. The molecule has 0 spiro atoms. The summed E-state index contributed by atoms with van der Waals surface area (Å²) < 4.78 is 23.8. The van der Waals surface area contributed by atoms with Crippen LogP contribution in [0.2, 0.25) is 0 Å². The number of fused-ring (bicyclic) bond motifs is 3. The van der Waals surface area contributed by atoms with E-state index in [1.165, 1.54) is 18.1 Å². The van der Waals surface area contributed by atoms with Crippen LogP contribution in [-0.4, -0.2) is 124 Å². The Balaban J connectivity index is 1.50. The van der Waals surface area contributed by atoms with Crippen molar-refractivity contribution in [3.05, 3.63) is 87.5 Å². The average Bonchev–Trinajstić information content (AvgIpc) is 3.37. The number of Topliss-reactive ketones (excluding diaryl/α,β-unsaturated/α-hetero) is 3. The third-order valence-corrected chi connectivity index (χ3v) is 16.3. The zero-order valence-electron chi connectivity index (χ0n) is 45.2. The molecule has 1 unspecified atom stereocenters. The number of piperidine rings is 1. The van der Waals surface area contributed by atoms with Crippen molar-refractivity contribution in [1.29, 1.82) is 0 Å². The number of carbonyl (C=O) groups is 5. The molecule has 1 aromatic rings. The minimum atomic E-state index is -2.49. The number of cyclic esters (lactones) is 1. The third kappa shape index (κ3) is 15.9. The van der Waals surface area contributed by atoms with Crippen molar-refractivity contribution in [3.8, 4) is 0 Å². The zero-order chi connectivity index (χ0) is 54.4. The Bertz CT molecular complexity index is 2240. The summed E-state index contributed by atoms with van der Waals surface area (Å²) in [5, 5.41) is 45.9. The van der Waals surface area contributed by atoms with Crippen molar-refractivity contribution >= 4 is 34.9 Å². The van der Waals surface area contributed by atoms with E-state index >= 15 is 0 Å². The summed E-state index contributed by atoms with van der Waals surface area (Å²) >= 11 is 0. The lowest BCUT2D eigenvalue weighted by Gasteiger charge is -2.43. The van der Waals surface area contributed by atoms with Crippen LogP contribution in [0.4, 0.5) is 5.69 Å². The molecule has 16 heteroatoms. The number of aliphatic hydroxyl groups is 3. The van der Waals surface area contributed by atoms with Crippen LogP contribution in [-0.2, 0) is 49.3 Å². The lowest BCUT2D eigenvalue weighted by Crippen LogP contribution is -2.60. The number of carbonyl (C=O) groups excluding carboxylic acids is 5. The molecule has 2 bridgehead atoms. The molecule has 3 aliphatic heterocycles. The Kier molecular flexibility index (Phi) is 22.7. The first-order valence-electron chi connectivity index (χ1n) is 27.0. The van der Waals surface area contributed by atoms with Crippen LogP contribution < -0.4 is 0 Å².